The lowest BCUT2D eigenvalue weighted by molar-refractivity contribution is -0.125. The largest absolute Gasteiger partial charge is 0.325 e. The van der Waals surface area contributed by atoms with Crippen LogP contribution in [0.25, 0.3) is 0 Å². The molecule has 0 bridgehead atoms. The molecule has 2 rings (SSSR count). The van der Waals surface area contributed by atoms with E-state index in [1.54, 1.807) is 0 Å². The number of nitrogens with one attached hydrogen (secondary N) is 2. The lowest BCUT2D eigenvalue weighted by atomic mass is 9.82. The molecule has 2 N–H and O–H groups in total. The van der Waals surface area contributed by atoms with Crippen LogP contribution in [0.5, 0.6) is 0 Å². The number of piperidine rings is 1. The van der Waals surface area contributed by atoms with E-state index in [9.17, 15) is 4.79 Å². The Morgan fingerprint density at radius 2 is 2.21 bits per heavy atom. The predicted octanol–water partition coefficient (Wildman–Crippen LogP) is 3.51. The van der Waals surface area contributed by atoms with Crippen molar-refractivity contribution in [3.8, 4) is 0 Å². The molecule has 0 aliphatic carbocycles. The topological polar surface area (TPSA) is 41.1 Å². The van der Waals surface area contributed by atoms with Gasteiger partial charge in [-0.3, -0.25) is 4.79 Å². The fourth-order valence-electron chi connectivity index (χ4n) is 2.27. The van der Waals surface area contributed by atoms with Crippen molar-refractivity contribution in [3.05, 3.63) is 28.2 Å². The van der Waals surface area contributed by atoms with Crippen molar-refractivity contribution in [2.75, 3.05) is 18.4 Å². The molecule has 1 aliphatic rings. The van der Waals surface area contributed by atoms with Crippen LogP contribution in [0.3, 0.4) is 0 Å². The van der Waals surface area contributed by atoms with Crippen LogP contribution in [-0.4, -0.2) is 19.0 Å². The van der Waals surface area contributed by atoms with E-state index >= 15 is 0 Å². The number of hydrogen-bond donors (Lipinski definition) is 2. The van der Waals surface area contributed by atoms with Gasteiger partial charge in [-0.2, -0.15) is 0 Å². The Kier molecular flexibility index (Phi) is 5.83. The molecule has 0 radical (unpaired) electrons. The van der Waals surface area contributed by atoms with Gasteiger partial charge in [0.15, 0.2) is 0 Å². The monoisotopic (exact) mass is 346 g/mol. The summed E-state index contributed by atoms with van der Waals surface area (Å²) in [7, 11) is 0. The first-order valence-corrected chi connectivity index (χ1v) is 7.09. The van der Waals surface area contributed by atoms with Gasteiger partial charge in [-0.25, -0.2) is 0 Å². The van der Waals surface area contributed by atoms with Crippen molar-refractivity contribution in [2.45, 2.75) is 26.7 Å². The molecule has 1 heterocycles. The maximum atomic E-state index is 12.4. The van der Waals surface area contributed by atoms with Gasteiger partial charge in [0, 0.05) is 16.7 Å². The molecular weight excluding hydrogens is 328 g/mol. The molecule has 1 aliphatic heterocycles. The Balaban J connectivity index is 0.00000180. The SMILES string of the molecule is Cc1c(Br)cccc1NC(=O)C1(C)CCCNC1.Cl. The van der Waals surface area contributed by atoms with Crippen LogP contribution in [0, 0.1) is 12.3 Å². The first-order chi connectivity index (χ1) is 8.53. The van der Waals surface area contributed by atoms with Gasteiger partial charge < -0.3 is 10.6 Å². The molecule has 0 aromatic heterocycles. The maximum absolute atomic E-state index is 12.4. The number of rotatable bonds is 2. The van der Waals surface area contributed by atoms with E-state index in [-0.39, 0.29) is 23.7 Å². The van der Waals surface area contributed by atoms with Crippen LogP contribution >= 0.6 is 28.3 Å². The average molecular weight is 348 g/mol. The van der Waals surface area contributed by atoms with E-state index in [1.807, 2.05) is 32.0 Å². The van der Waals surface area contributed by atoms with Gasteiger partial charge >= 0.3 is 0 Å². The second kappa shape index (κ2) is 6.73. The molecule has 106 valence electrons. The lowest BCUT2D eigenvalue weighted by Crippen LogP contribution is -2.46. The third-order valence-corrected chi connectivity index (χ3v) is 4.52. The summed E-state index contributed by atoms with van der Waals surface area (Å²) < 4.78 is 1.02. The van der Waals surface area contributed by atoms with Gasteiger partial charge in [-0.15, -0.1) is 12.4 Å². The third kappa shape index (κ3) is 3.71. The summed E-state index contributed by atoms with van der Waals surface area (Å²) >= 11 is 3.48. The summed E-state index contributed by atoms with van der Waals surface area (Å²) in [6.45, 7) is 5.80. The Morgan fingerprint density at radius 1 is 1.47 bits per heavy atom. The number of benzene rings is 1. The number of hydrogen-bond acceptors (Lipinski definition) is 2. The summed E-state index contributed by atoms with van der Waals surface area (Å²) in [6, 6.07) is 5.86. The maximum Gasteiger partial charge on any atom is 0.231 e. The molecule has 1 aromatic carbocycles. The minimum absolute atomic E-state index is 0. The highest BCUT2D eigenvalue weighted by molar-refractivity contribution is 9.10. The van der Waals surface area contributed by atoms with Crippen molar-refractivity contribution in [3.63, 3.8) is 0 Å². The summed E-state index contributed by atoms with van der Waals surface area (Å²) in [5.41, 5.74) is 1.66. The van der Waals surface area contributed by atoms with Crippen LogP contribution in [0.4, 0.5) is 5.69 Å². The first kappa shape index (κ1) is 16.5. The molecule has 1 aromatic rings. The second-order valence-corrected chi connectivity index (χ2v) is 6.06. The average Bonchev–Trinajstić information content (AvgIpc) is 2.36. The zero-order chi connectivity index (χ0) is 13.2. The molecule has 5 heteroatoms. The Hall–Kier alpha value is -0.580. The van der Waals surface area contributed by atoms with Gasteiger partial charge in [-0.05, 0) is 50.9 Å². The van der Waals surface area contributed by atoms with Gasteiger partial charge in [0.05, 0.1) is 5.41 Å². The standard InChI is InChI=1S/C14H19BrN2O.ClH/c1-10-11(15)5-3-6-12(10)17-13(18)14(2)7-4-8-16-9-14;/h3,5-6,16H,4,7-9H2,1-2H3,(H,17,18);1H. The molecule has 3 nitrogen and oxygen atoms in total. The van der Waals surface area contributed by atoms with E-state index in [0.717, 1.165) is 41.7 Å². The van der Waals surface area contributed by atoms with Crippen molar-refractivity contribution in [1.82, 2.24) is 5.32 Å². The molecular formula is C14H20BrClN2O. The molecule has 1 fully saturated rings. The molecule has 1 amide bonds. The fourth-order valence-corrected chi connectivity index (χ4v) is 2.63. The smallest absolute Gasteiger partial charge is 0.231 e. The van der Waals surface area contributed by atoms with Gasteiger partial charge in [0.2, 0.25) is 5.91 Å². The van der Waals surface area contributed by atoms with Gasteiger partial charge in [-0.1, -0.05) is 22.0 Å². The predicted molar refractivity (Wildman–Crippen MR) is 85.0 cm³/mol. The summed E-state index contributed by atoms with van der Waals surface area (Å²) in [6.07, 6.45) is 2.00. The van der Waals surface area contributed by atoms with Crippen molar-refractivity contribution >= 4 is 39.9 Å². The number of anilines is 1. The van der Waals surface area contributed by atoms with Crippen molar-refractivity contribution < 1.29 is 4.79 Å². The normalized spacial score (nSPS) is 22.5. The van der Waals surface area contributed by atoms with Crippen LogP contribution in [-0.2, 0) is 4.79 Å². The third-order valence-electron chi connectivity index (χ3n) is 3.66. The van der Waals surface area contributed by atoms with Crippen LogP contribution in [0.1, 0.15) is 25.3 Å². The summed E-state index contributed by atoms with van der Waals surface area (Å²) in [5.74, 6) is 0.107. The second-order valence-electron chi connectivity index (χ2n) is 5.21. The van der Waals surface area contributed by atoms with Gasteiger partial charge in [0.1, 0.15) is 0 Å². The van der Waals surface area contributed by atoms with E-state index < -0.39 is 0 Å². The van der Waals surface area contributed by atoms with E-state index in [1.165, 1.54) is 0 Å². The Bertz CT molecular complexity index is 459. The van der Waals surface area contributed by atoms with Crippen molar-refractivity contribution in [1.29, 1.82) is 0 Å². The van der Waals surface area contributed by atoms with E-state index in [0.29, 0.717) is 0 Å². The molecule has 0 saturated carbocycles. The minimum atomic E-state index is -0.299. The zero-order valence-electron chi connectivity index (χ0n) is 11.3. The number of halogens is 2. The van der Waals surface area contributed by atoms with Crippen LogP contribution < -0.4 is 10.6 Å². The van der Waals surface area contributed by atoms with E-state index in [2.05, 4.69) is 26.6 Å². The quantitative estimate of drug-likeness (QED) is 0.859. The van der Waals surface area contributed by atoms with Crippen LogP contribution in [0.2, 0.25) is 0 Å². The van der Waals surface area contributed by atoms with Crippen LogP contribution in [0.15, 0.2) is 22.7 Å². The lowest BCUT2D eigenvalue weighted by Gasteiger charge is -2.32. The molecule has 1 saturated heterocycles. The highest BCUT2D eigenvalue weighted by Crippen LogP contribution is 2.29. The highest BCUT2D eigenvalue weighted by atomic mass is 79.9. The first-order valence-electron chi connectivity index (χ1n) is 6.30. The minimum Gasteiger partial charge on any atom is -0.325 e. The van der Waals surface area contributed by atoms with Gasteiger partial charge in [0.25, 0.3) is 0 Å². The molecule has 1 unspecified atom stereocenters. The Morgan fingerprint density at radius 3 is 2.84 bits per heavy atom. The van der Waals surface area contributed by atoms with E-state index in [4.69, 9.17) is 0 Å². The molecule has 1 atom stereocenters. The molecule has 19 heavy (non-hydrogen) atoms. The summed E-state index contributed by atoms with van der Waals surface area (Å²) in [4.78, 5) is 12.4. The number of carbonyl (C=O) groups excluding carboxylic acids is 1. The highest BCUT2D eigenvalue weighted by Gasteiger charge is 2.34. The van der Waals surface area contributed by atoms with Crippen molar-refractivity contribution in [2.24, 2.45) is 5.41 Å². The molecule has 0 spiro atoms. The fraction of sp³-hybridized carbons (Fsp3) is 0.500. The number of amides is 1. The zero-order valence-corrected chi connectivity index (χ0v) is 13.7. The summed E-state index contributed by atoms with van der Waals surface area (Å²) in [5, 5.41) is 6.35. The number of carbonyl (C=O) groups is 1. The Labute approximate surface area is 129 Å².